The summed E-state index contributed by atoms with van der Waals surface area (Å²) >= 11 is 6.86. The summed E-state index contributed by atoms with van der Waals surface area (Å²) in [6, 6.07) is 1.63. The third-order valence-corrected chi connectivity index (χ3v) is 4.11. The Kier molecular flexibility index (Phi) is 4.72. The van der Waals surface area contributed by atoms with Crippen LogP contribution in [0.2, 0.25) is 5.02 Å². The van der Waals surface area contributed by atoms with Gasteiger partial charge < -0.3 is 4.90 Å². The highest BCUT2D eigenvalue weighted by Crippen LogP contribution is 2.30. The monoisotopic (exact) mass is 349 g/mol. The minimum Gasteiger partial charge on any atom is -0.332 e. The van der Waals surface area contributed by atoms with Gasteiger partial charge >= 0.3 is 6.18 Å². The Balaban J connectivity index is 2.28. The van der Waals surface area contributed by atoms with E-state index < -0.39 is 18.6 Å². The number of hydrogen-bond donors (Lipinski definition) is 0. The molecule has 0 aliphatic carbocycles. The first kappa shape index (κ1) is 16.7. The molecule has 1 amide bonds. The van der Waals surface area contributed by atoms with Crippen molar-refractivity contribution in [1.29, 1.82) is 0 Å². The van der Waals surface area contributed by atoms with Gasteiger partial charge in [0.2, 0.25) is 0 Å². The summed E-state index contributed by atoms with van der Waals surface area (Å²) in [7, 11) is 1.11. The van der Waals surface area contributed by atoms with E-state index in [0.717, 1.165) is 18.4 Å². The van der Waals surface area contributed by atoms with Crippen molar-refractivity contribution in [1.82, 2.24) is 14.9 Å². The predicted octanol–water partition coefficient (Wildman–Crippen LogP) is 3.80. The zero-order valence-electron chi connectivity index (χ0n) is 11.6. The van der Waals surface area contributed by atoms with E-state index in [1.54, 1.807) is 13.0 Å². The van der Waals surface area contributed by atoms with Crippen LogP contribution in [-0.4, -0.2) is 40.5 Å². The van der Waals surface area contributed by atoms with Crippen LogP contribution in [0.1, 0.15) is 15.4 Å². The topological polar surface area (TPSA) is 46.1 Å². The SMILES string of the molecule is Cc1nc(-c2cncc(Cl)c2)sc1C(=O)N(C)CC(F)(F)F. The van der Waals surface area contributed by atoms with Crippen molar-refractivity contribution < 1.29 is 18.0 Å². The van der Waals surface area contributed by atoms with Gasteiger partial charge in [-0.1, -0.05) is 11.6 Å². The van der Waals surface area contributed by atoms with E-state index in [9.17, 15) is 18.0 Å². The molecule has 0 saturated carbocycles. The molecule has 0 aliphatic rings. The highest BCUT2D eigenvalue weighted by atomic mass is 35.5. The molecule has 0 aliphatic heterocycles. The van der Waals surface area contributed by atoms with E-state index in [1.807, 2.05) is 0 Å². The van der Waals surface area contributed by atoms with Gasteiger partial charge in [0, 0.05) is 25.0 Å². The van der Waals surface area contributed by atoms with Crippen molar-refractivity contribution in [3.05, 3.63) is 34.1 Å². The number of halogens is 4. The molecule has 0 radical (unpaired) electrons. The van der Waals surface area contributed by atoms with Gasteiger partial charge in [-0.25, -0.2) is 4.98 Å². The fourth-order valence-corrected chi connectivity index (χ4v) is 2.98. The lowest BCUT2D eigenvalue weighted by atomic mass is 10.3. The summed E-state index contributed by atoms with van der Waals surface area (Å²) in [6.45, 7) is 0.268. The van der Waals surface area contributed by atoms with E-state index in [4.69, 9.17) is 11.6 Å². The predicted molar refractivity (Wildman–Crippen MR) is 78.1 cm³/mol. The van der Waals surface area contributed by atoms with Gasteiger partial charge in [-0.15, -0.1) is 11.3 Å². The maximum Gasteiger partial charge on any atom is 0.406 e. The molecule has 118 valence electrons. The number of nitrogens with zero attached hydrogens (tertiary/aromatic N) is 3. The lowest BCUT2D eigenvalue weighted by molar-refractivity contribution is -0.138. The van der Waals surface area contributed by atoms with Gasteiger partial charge in [-0.2, -0.15) is 13.2 Å². The molecule has 0 bridgehead atoms. The van der Waals surface area contributed by atoms with E-state index in [-0.39, 0.29) is 4.88 Å². The van der Waals surface area contributed by atoms with Gasteiger partial charge in [0.15, 0.2) is 0 Å². The Hall–Kier alpha value is -1.67. The highest BCUT2D eigenvalue weighted by Gasteiger charge is 2.32. The number of carbonyl (C=O) groups excluding carboxylic acids is 1. The van der Waals surface area contributed by atoms with Crippen molar-refractivity contribution in [2.75, 3.05) is 13.6 Å². The Morgan fingerprint density at radius 3 is 2.68 bits per heavy atom. The summed E-state index contributed by atoms with van der Waals surface area (Å²) in [5.41, 5.74) is 0.983. The van der Waals surface area contributed by atoms with Crippen LogP contribution in [0.15, 0.2) is 18.5 Å². The second-order valence-corrected chi connectivity index (χ2v) is 6.04. The average molecular weight is 350 g/mol. The number of carbonyl (C=O) groups is 1. The lowest BCUT2D eigenvalue weighted by Crippen LogP contribution is -2.35. The first-order valence-electron chi connectivity index (χ1n) is 6.08. The smallest absolute Gasteiger partial charge is 0.332 e. The van der Waals surface area contributed by atoms with Crippen molar-refractivity contribution in [3.63, 3.8) is 0 Å². The van der Waals surface area contributed by atoms with Gasteiger partial charge in [0.25, 0.3) is 5.91 Å². The first-order chi connectivity index (χ1) is 10.2. The lowest BCUT2D eigenvalue weighted by Gasteiger charge is -2.18. The third-order valence-electron chi connectivity index (χ3n) is 2.71. The Labute approximate surface area is 133 Å². The standard InChI is InChI=1S/C13H11ClF3N3OS/c1-7-10(12(21)20(2)6-13(15,16)17)22-11(19-7)8-3-9(14)5-18-4-8/h3-5H,6H2,1-2H3. The molecule has 2 heterocycles. The van der Waals surface area contributed by atoms with Gasteiger partial charge in [-0.05, 0) is 13.0 Å². The van der Waals surface area contributed by atoms with Crippen LogP contribution in [-0.2, 0) is 0 Å². The van der Waals surface area contributed by atoms with Gasteiger partial charge in [0.1, 0.15) is 16.4 Å². The minimum atomic E-state index is -4.44. The molecular formula is C13H11ClF3N3OS. The van der Waals surface area contributed by atoms with E-state index in [2.05, 4.69) is 9.97 Å². The van der Waals surface area contributed by atoms with Crippen LogP contribution in [0.25, 0.3) is 10.6 Å². The van der Waals surface area contributed by atoms with Crippen LogP contribution in [0, 0.1) is 6.92 Å². The van der Waals surface area contributed by atoms with Crippen LogP contribution in [0.5, 0.6) is 0 Å². The summed E-state index contributed by atoms with van der Waals surface area (Å²) in [6.07, 6.45) is -1.46. The molecular weight excluding hydrogens is 339 g/mol. The third kappa shape index (κ3) is 3.95. The second kappa shape index (κ2) is 6.21. The van der Waals surface area contributed by atoms with Crippen molar-refractivity contribution in [2.45, 2.75) is 13.1 Å². The second-order valence-electron chi connectivity index (χ2n) is 4.60. The van der Waals surface area contributed by atoms with Crippen molar-refractivity contribution in [3.8, 4) is 10.6 Å². The molecule has 2 rings (SSSR count). The molecule has 2 aromatic rings. The molecule has 0 unspecified atom stereocenters. The van der Waals surface area contributed by atoms with E-state index >= 15 is 0 Å². The quantitative estimate of drug-likeness (QED) is 0.846. The Morgan fingerprint density at radius 1 is 1.41 bits per heavy atom. The van der Waals surface area contributed by atoms with Crippen molar-refractivity contribution >= 4 is 28.8 Å². The fourth-order valence-electron chi connectivity index (χ4n) is 1.76. The Morgan fingerprint density at radius 2 is 2.09 bits per heavy atom. The highest BCUT2D eigenvalue weighted by molar-refractivity contribution is 7.17. The summed E-state index contributed by atoms with van der Waals surface area (Å²) in [5, 5.41) is 0.892. The molecule has 2 aromatic heterocycles. The number of aromatic nitrogens is 2. The number of rotatable bonds is 3. The molecule has 0 atom stereocenters. The van der Waals surface area contributed by atoms with Crippen LogP contribution in [0.4, 0.5) is 13.2 Å². The molecule has 4 nitrogen and oxygen atoms in total. The number of aryl methyl sites for hydroxylation is 1. The Bertz CT molecular complexity index is 702. The van der Waals surface area contributed by atoms with E-state index in [1.165, 1.54) is 12.4 Å². The molecule has 0 saturated heterocycles. The molecule has 0 fully saturated rings. The maximum atomic E-state index is 12.4. The van der Waals surface area contributed by atoms with Gasteiger partial charge in [0.05, 0.1) is 10.7 Å². The van der Waals surface area contributed by atoms with Crippen LogP contribution < -0.4 is 0 Å². The molecule has 0 spiro atoms. The normalized spacial score (nSPS) is 11.5. The number of thiazole rings is 1. The maximum absolute atomic E-state index is 12.4. The number of pyridine rings is 1. The summed E-state index contributed by atoms with van der Waals surface area (Å²) in [5.74, 6) is -0.714. The minimum absolute atomic E-state index is 0.168. The summed E-state index contributed by atoms with van der Waals surface area (Å²) < 4.78 is 37.1. The largest absolute Gasteiger partial charge is 0.406 e. The van der Waals surface area contributed by atoms with Crippen molar-refractivity contribution in [2.24, 2.45) is 0 Å². The van der Waals surface area contributed by atoms with Crippen LogP contribution >= 0.6 is 22.9 Å². The number of alkyl halides is 3. The number of hydrogen-bond acceptors (Lipinski definition) is 4. The zero-order valence-corrected chi connectivity index (χ0v) is 13.2. The van der Waals surface area contributed by atoms with E-state index in [0.29, 0.717) is 26.2 Å². The zero-order chi connectivity index (χ0) is 16.5. The molecule has 0 N–H and O–H groups in total. The molecule has 22 heavy (non-hydrogen) atoms. The average Bonchev–Trinajstić information content (AvgIpc) is 2.78. The summed E-state index contributed by atoms with van der Waals surface area (Å²) in [4.78, 5) is 21.0. The molecule has 9 heteroatoms. The van der Waals surface area contributed by atoms with Crippen LogP contribution in [0.3, 0.4) is 0 Å². The molecule has 0 aromatic carbocycles. The van der Waals surface area contributed by atoms with Gasteiger partial charge in [-0.3, -0.25) is 9.78 Å². The first-order valence-corrected chi connectivity index (χ1v) is 7.27. The fraction of sp³-hybridized carbons (Fsp3) is 0.308. The number of amides is 1.